The number of ketones is 1. The van der Waals surface area contributed by atoms with Crippen LogP contribution in [0.15, 0.2) is 36.5 Å². The normalized spacial score (nSPS) is 19.2. The number of benzene rings is 1. The van der Waals surface area contributed by atoms with Crippen LogP contribution in [-0.4, -0.2) is 57.3 Å². The average molecular weight is 490 g/mol. The third-order valence-electron chi connectivity index (χ3n) is 7.23. The van der Waals surface area contributed by atoms with E-state index in [4.69, 9.17) is 14.5 Å². The van der Waals surface area contributed by atoms with Gasteiger partial charge in [-0.1, -0.05) is 19.9 Å². The van der Waals surface area contributed by atoms with Gasteiger partial charge in [0.25, 0.3) is 0 Å². The van der Waals surface area contributed by atoms with Crippen LogP contribution in [0.4, 0.5) is 10.7 Å². The molecule has 0 amide bonds. The molecule has 0 bridgehead atoms. The lowest BCUT2D eigenvalue weighted by molar-refractivity contribution is 0.0918. The molecule has 0 spiro atoms. The van der Waals surface area contributed by atoms with Crippen LogP contribution in [-0.2, 0) is 11.2 Å². The number of thiophene rings is 1. The monoisotopic (exact) mass is 489 g/mol. The van der Waals surface area contributed by atoms with E-state index < -0.39 is 0 Å². The Morgan fingerprint density at radius 3 is 2.66 bits per heavy atom. The summed E-state index contributed by atoms with van der Waals surface area (Å²) in [4.78, 5) is 23.4. The molecule has 1 aromatic carbocycles. The van der Waals surface area contributed by atoms with Gasteiger partial charge in [0.2, 0.25) is 0 Å². The van der Waals surface area contributed by atoms with Crippen LogP contribution >= 0.6 is 11.3 Å². The van der Waals surface area contributed by atoms with E-state index in [9.17, 15) is 4.79 Å². The molecule has 3 aliphatic rings. The second-order valence-electron chi connectivity index (χ2n) is 10.5. The summed E-state index contributed by atoms with van der Waals surface area (Å²) in [6.07, 6.45) is 3.40. The van der Waals surface area contributed by atoms with E-state index in [1.54, 1.807) is 11.3 Å². The Labute approximate surface area is 210 Å². The zero-order valence-electron chi connectivity index (χ0n) is 20.6. The summed E-state index contributed by atoms with van der Waals surface area (Å²) in [5.74, 6) is 1.17. The third kappa shape index (κ3) is 4.10. The van der Waals surface area contributed by atoms with Crippen molar-refractivity contribution in [1.29, 1.82) is 0 Å². The first-order chi connectivity index (χ1) is 16.9. The Balaban J connectivity index is 1.47. The second-order valence-corrected chi connectivity index (χ2v) is 11.5. The number of rotatable bonds is 3. The Morgan fingerprint density at radius 2 is 1.83 bits per heavy atom. The van der Waals surface area contributed by atoms with Crippen LogP contribution in [0, 0.1) is 5.41 Å². The van der Waals surface area contributed by atoms with E-state index >= 15 is 0 Å². The molecule has 1 aliphatic carbocycles. The molecule has 0 saturated carbocycles. The van der Waals surface area contributed by atoms with Gasteiger partial charge in [-0.25, -0.2) is 0 Å². The zero-order valence-corrected chi connectivity index (χ0v) is 21.4. The fourth-order valence-electron chi connectivity index (χ4n) is 5.45. The van der Waals surface area contributed by atoms with Crippen LogP contribution in [0.3, 0.4) is 0 Å². The predicted molar refractivity (Wildman–Crippen MR) is 141 cm³/mol. The van der Waals surface area contributed by atoms with E-state index in [-0.39, 0.29) is 11.2 Å². The molecule has 0 radical (unpaired) electrons. The molecule has 0 N–H and O–H groups in total. The van der Waals surface area contributed by atoms with E-state index in [1.165, 1.54) is 16.1 Å². The number of fused-ring (bicyclic) bond motifs is 2. The van der Waals surface area contributed by atoms with Crippen molar-refractivity contribution in [2.24, 2.45) is 5.41 Å². The number of Topliss-reactive ketones (excluding diaryl/α,β-unsaturated/α-hetero) is 1. The number of pyridine rings is 1. The number of morpholine rings is 1. The molecule has 7 heteroatoms. The van der Waals surface area contributed by atoms with E-state index in [1.807, 2.05) is 6.20 Å². The molecule has 2 aliphatic heterocycles. The molecular weight excluding hydrogens is 458 g/mol. The van der Waals surface area contributed by atoms with Crippen molar-refractivity contribution < 1.29 is 14.3 Å². The van der Waals surface area contributed by atoms with Crippen LogP contribution in [0.5, 0.6) is 5.75 Å². The highest BCUT2D eigenvalue weighted by atomic mass is 32.1. The summed E-state index contributed by atoms with van der Waals surface area (Å²) >= 11 is 1.67. The molecule has 1 fully saturated rings. The van der Waals surface area contributed by atoms with Gasteiger partial charge in [-0.3, -0.25) is 9.78 Å². The number of hydrogen-bond donors (Lipinski definition) is 0. The molecule has 6 nitrogen and oxygen atoms in total. The molecule has 0 atom stereocenters. The molecule has 0 unspecified atom stereocenters. The fourth-order valence-corrected chi connectivity index (χ4v) is 6.78. The zero-order chi connectivity index (χ0) is 24.2. The first kappa shape index (κ1) is 22.6. The summed E-state index contributed by atoms with van der Waals surface area (Å²) in [5.41, 5.74) is 6.54. The Kier molecular flexibility index (Phi) is 5.57. The number of ether oxygens (including phenoxy) is 2. The van der Waals surface area contributed by atoms with Gasteiger partial charge in [0.1, 0.15) is 12.4 Å². The highest BCUT2D eigenvalue weighted by molar-refractivity contribution is 7.19. The number of carbonyl (C=O) groups is 1. The molecule has 182 valence electrons. The lowest BCUT2D eigenvalue weighted by Crippen LogP contribution is -2.36. The number of likely N-dealkylation sites (N-methyl/N-ethyl adjacent to an activating group) is 1. The summed E-state index contributed by atoms with van der Waals surface area (Å²) in [6.45, 7) is 9.10. The first-order valence-electron chi connectivity index (χ1n) is 12.4. The quantitative estimate of drug-likeness (QED) is 0.498. The van der Waals surface area contributed by atoms with Crippen LogP contribution < -0.4 is 14.5 Å². The lowest BCUT2D eigenvalue weighted by Gasteiger charge is -2.30. The van der Waals surface area contributed by atoms with Gasteiger partial charge < -0.3 is 19.3 Å². The largest absolute Gasteiger partial charge is 0.490 e. The SMILES string of the molecule is CN1CCOc2cc(-c3cc(-c4c(N5CCOCC5)sc5c4CC(C)(C)CC5=O)ccn3)ccc21. The minimum atomic E-state index is -0.0418. The molecule has 2 aromatic heterocycles. The van der Waals surface area contributed by atoms with E-state index in [0.717, 1.165) is 59.2 Å². The topological polar surface area (TPSA) is 54.9 Å². The third-order valence-corrected chi connectivity index (χ3v) is 8.57. The summed E-state index contributed by atoms with van der Waals surface area (Å²) in [6, 6.07) is 10.6. The summed E-state index contributed by atoms with van der Waals surface area (Å²) in [5, 5.41) is 1.19. The van der Waals surface area contributed by atoms with Crippen molar-refractivity contribution in [2.75, 3.05) is 56.3 Å². The van der Waals surface area contributed by atoms with E-state index in [2.05, 4.69) is 61.0 Å². The average Bonchev–Trinajstić information content (AvgIpc) is 3.23. The molecule has 4 heterocycles. The van der Waals surface area contributed by atoms with Crippen LogP contribution in [0.25, 0.3) is 22.4 Å². The Bertz CT molecular complexity index is 1290. The maximum atomic E-state index is 13.2. The fraction of sp³-hybridized carbons (Fsp3) is 0.429. The van der Waals surface area contributed by atoms with Gasteiger partial charge >= 0.3 is 0 Å². The maximum absolute atomic E-state index is 13.2. The molecule has 1 saturated heterocycles. The highest BCUT2D eigenvalue weighted by Gasteiger charge is 2.37. The molecular formula is C28H31N3O3S. The number of carbonyl (C=O) groups excluding carboxylic acids is 1. The van der Waals surface area contributed by atoms with Gasteiger partial charge in [0.15, 0.2) is 5.78 Å². The van der Waals surface area contributed by atoms with E-state index in [0.29, 0.717) is 26.2 Å². The minimum absolute atomic E-state index is 0.0418. The standard InChI is InChI=1S/C28H31N3O3S/c1-28(2)16-20-25(27(31-9-11-33-12-10-31)35-26(20)23(32)17-28)19-6-7-29-21(14-19)18-4-5-22-24(15-18)34-13-8-30(22)3/h4-7,14-15H,8-13,16-17H2,1-3H3. The van der Waals surface area contributed by atoms with Gasteiger partial charge in [0, 0.05) is 43.9 Å². The van der Waals surface area contributed by atoms with Crippen molar-refractivity contribution in [2.45, 2.75) is 26.7 Å². The molecule has 3 aromatic rings. The smallest absolute Gasteiger partial charge is 0.173 e. The number of hydrogen-bond acceptors (Lipinski definition) is 7. The van der Waals surface area contributed by atoms with Crippen molar-refractivity contribution in [3.63, 3.8) is 0 Å². The number of nitrogens with zero attached hydrogens (tertiary/aromatic N) is 3. The van der Waals surface area contributed by atoms with Gasteiger partial charge in [0.05, 0.1) is 41.0 Å². The van der Waals surface area contributed by atoms with Gasteiger partial charge in [-0.05, 0) is 47.2 Å². The maximum Gasteiger partial charge on any atom is 0.173 e. The Morgan fingerprint density at radius 1 is 1.00 bits per heavy atom. The first-order valence-corrected chi connectivity index (χ1v) is 13.2. The highest BCUT2D eigenvalue weighted by Crippen LogP contribution is 2.50. The van der Waals surface area contributed by atoms with Crippen LogP contribution in [0.1, 0.15) is 35.5 Å². The molecule has 6 rings (SSSR count). The molecule has 35 heavy (non-hydrogen) atoms. The van der Waals surface area contributed by atoms with Crippen LogP contribution in [0.2, 0.25) is 0 Å². The number of anilines is 2. The van der Waals surface area contributed by atoms with Crippen molar-refractivity contribution in [3.05, 3.63) is 47.0 Å². The van der Waals surface area contributed by atoms with Crippen molar-refractivity contribution in [3.8, 4) is 28.1 Å². The van der Waals surface area contributed by atoms with Gasteiger partial charge in [-0.15, -0.1) is 11.3 Å². The number of aromatic nitrogens is 1. The summed E-state index contributed by atoms with van der Waals surface area (Å²) < 4.78 is 11.6. The second kappa shape index (κ2) is 8.64. The van der Waals surface area contributed by atoms with Crippen molar-refractivity contribution >= 4 is 27.8 Å². The predicted octanol–water partition coefficient (Wildman–Crippen LogP) is 5.30. The lowest BCUT2D eigenvalue weighted by atomic mass is 9.75. The van der Waals surface area contributed by atoms with Gasteiger partial charge in [-0.2, -0.15) is 0 Å². The minimum Gasteiger partial charge on any atom is -0.490 e. The Hall–Kier alpha value is -2.90. The van der Waals surface area contributed by atoms with Crippen molar-refractivity contribution in [1.82, 2.24) is 4.98 Å². The summed E-state index contributed by atoms with van der Waals surface area (Å²) in [7, 11) is 2.09.